The Labute approximate surface area is 154 Å². The van der Waals surface area contributed by atoms with E-state index in [4.69, 9.17) is 0 Å². The van der Waals surface area contributed by atoms with E-state index in [2.05, 4.69) is 24.3 Å². The Bertz CT molecular complexity index is 847. The van der Waals surface area contributed by atoms with Crippen molar-refractivity contribution in [3.63, 3.8) is 0 Å². The molecule has 0 N–H and O–H groups in total. The van der Waals surface area contributed by atoms with Gasteiger partial charge in [-0.05, 0) is 48.6 Å². The van der Waals surface area contributed by atoms with Crippen LogP contribution in [0.25, 0.3) is 0 Å². The molecular weight excluding hydrogens is 322 g/mol. The summed E-state index contributed by atoms with van der Waals surface area (Å²) in [6, 6.07) is 20.2. The zero-order valence-corrected chi connectivity index (χ0v) is 14.9. The Morgan fingerprint density at radius 1 is 0.846 bits per heavy atom. The first-order valence-corrected chi connectivity index (χ1v) is 9.63. The highest BCUT2D eigenvalue weighted by atomic mass is 16.2. The maximum Gasteiger partial charge on any atom is 0.233 e. The summed E-state index contributed by atoms with van der Waals surface area (Å²) in [4.78, 5) is 28.0. The largest absolute Gasteiger partial charge is 0.275 e. The number of carbonyl (C=O) groups excluding carboxylic acids is 2. The number of fused-ring (bicyclic) bond motifs is 5. The SMILES string of the molecule is C[C@H](c1ccccc1)N1C(=O)[C@@H]2[C@@H]3C[C@@H]([C@H]2C1=O)[C@@H](c1ccccc1)C3. The molecular formula is C23H23NO2. The van der Waals surface area contributed by atoms with Gasteiger partial charge in [-0.3, -0.25) is 14.5 Å². The maximum atomic E-state index is 13.3. The van der Waals surface area contributed by atoms with E-state index in [1.54, 1.807) is 4.90 Å². The van der Waals surface area contributed by atoms with Crippen LogP contribution in [0.3, 0.4) is 0 Å². The summed E-state index contributed by atoms with van der Waals surface area (Å²) in [5, 5.41) is 0. The van der Waals surface area contributed by atoms with Crippen LogP contribution in [-0.2, 0) is 9.59 Å². The van der Waals surface area contributed by atoms with Crippen LogP contribution >= 0.6 is 0 Å². The number of nitrogens with zero attached hydrogens (tertiary/aromatic N) is 1. The Morgan fingerprint density at radius 2 is 1.46 bits per heavy atom. The first-order valence-electron chi connectivity index (χ1n) is 9.63. The zero-order chi connectivity index (χ0) is 17.8. The van der Waals surface area contributed by atoms with Crippen molar-refractivity contribution in [1.29, 1.82) is 0 Å². The summed E-state index contributed by atoms with van der Waals surface area (Å²) in [6.45, 7) is 1.97. The third-order valence-corrected chi connectivity index (χ3v) is 6.95. The lowest BCUT2D eigenvalue weighted by Crippen LogP contribution is -2.35. The van der Waals surface area contributed by atoms with Crippen LogP contribution in [0.4, 0.5) is 0 Å². The normalized spacial score (nSPS) is 33.6. The highest BCUT2D eigenvalue weighted by Crippen LogP contribution is 2.62. The first kappa shape index (κ1) is 15.8. The van der Waals surface area contributed by atoms with E-state index in [9.17, 15) is 9.59 Å². The average Bonchev–Trinajstić information content (AvgIpc) is 3.34. The molecule has 3 aliphatic rings. The molecule has 0 unspecified atom stereocenters. The highest BCUT2D eigenvalue weighted by molar-refractivity contribution is 6.06. The molecule has 5 rings (SSSR count). The molecule has 3 heteroatoms. The molecule has 2 aliphatic carbocycles. The van der Waals surface area contributed by atoms with Crippen LogP contribution in [0.2, 0.25) is 0 Å². The third kappa shape index (κ3) is 2.13. The van der Waals surface area contributed by atoms with Gasteiger partial charge < -0.3 is 0 Å². The third-order valence-electron chi connectivity index (χ3n) is 6.95. The summed E-state index contributed by atoms with van der Waals surface area (Å²) < 4.78 is 0. The van der Waals surface area contributed by atoms with Gasteiger partial charge in [0.15, 0.2) is 0 Å². The van der Waals surface area contributed by atoms with E-state index in [-0.39, 0.29) is 29.7 Å². The number of carbonyl (C=O) groups is 2. The van der Waals surface area contributed by atoms with Crippen molar-refractivity contribution in [3.05, 3.63) is 71.8 Å². The lowest BCUT2D eigenvalue weighted by atomic mass is 9.73. The number of hydrogen-bond acceptors (Lipinski definition) is 2. The van der Waals surface area contributed by atoms with Crippen LogP contribution < -0.4 is 0 Å². The standard InChI is InChI=1S/C23H23NO2/c1-14(15-8-4-2-5-9-15)24-22(25)20-17-12-18(16-10-6-3-7-11-16)19(13-17)21(20)23(24)26/h2-11,14,17-21H,12-13H2,1H3/t14-,17+,18-,19-,20-,21-/m1/s1. The lowest BCUT2D eigenvalue weighted by Gasteiger charge is -2.29. The Morgan fingerprint density at radius 3 is 2.15 bits per heavy atom. The molecule has 26 heavy (non-hydrogen) atoms. The van der Waals surface area contributed by atoms with Crippen molar-refractivity contribution in [1.82, 2.24) is 4.90 Å². The van der Waals surface area contributed by atoms with E-state index in [1.807, 2.05) is 43.3 Å². The van der Waals surface area contributed by atoms with Gasteiger partial charge in [0.2, 0.25) is 11.8 Å². The fraction of sp³-hybridized carbons (Fsp3) is 0.391. The predicted octanol–water partition coefficient (Wildman–Crippen LogP) is 4.17. The van der Waals surface area contributed by atoms with Crippen molar-refractivity contribution in [3.8, 4) is 0 Å². The minimum Gasteiger partial charge on any atom is -0.275 e. The van der Waals surface area contributed by atoms with E-state index in [1.165, 1.54) is 5.56 Å². The summed E-state index contributed by atoms with van der Waals surface area (Å²) in [5.41, 5.74) is 2.36. The first-order chi connectivity index (χ1) is 12.7. The van der Waals surface area contributed by atoms with Gasteiger partial charge in [-0.25, -0.2) is 0 Å². The van der Waals surface area contributed by atoms with Crippen LogP contribution in [-0.4, -0.2) is 16.7 Å². The second-order valence-corrected chi connectivity index (χ2v) is 8.10. The van der Waals surface area contributed by atoms with Crippen molar-refractivity contribution in [2.45, 2.75) is 31.7 Å². The molecule has 1 aliphatic heterocycles. The molecule has 0 radical (unpaired) electrons. The molecule has 0 spiro atoms. The van der Waals surface area contributed by atoms with Gasteiger partial charge in [-0.2, -0.15) is 0 Å². The molecule has 6 atom stereocenters. The predicted molar refractivity (Wildman–Crippen MR) is 99.1 cm³/mol. The van der Waals surface area contributed by atoms with E-state index in [0.717, 1.165) is 18.4 Å². The topological polar surface area (TPSA) is 37.4 Å². The molecule has 2 aromatic rings. The quantitative estimate of drug-likeness (QED) is 0.783. The van der Waals surface area contributed by atoms with Crippen molar-refractivity contribution < 1.29 is 9.59 Å². The van der Waals surface area contributed by atoms with Gasteiger partial charge in [-0.15, -0.1) is 0 Å². The minimum atomic E-state index is -0.184. The smallest absolute Gasteiger partial charge is 0.233 e. The highest BCUT2D eigenvalue weighted by Gasteiger charge is 2.64. The zero-order valence-electron chi connectivity index (χ0n) is 14.9. The number of hydrogen-bond donors (Lipinski definition) is 0. The molecule has 1 heterocycles. The van der Waals surface area contributed by atoms with Gasteiger partial charge in [-0.1, -0.05) is 60.7 Å². The second kappa shape index (κ2) is 5.80. The second-order valence-electron chi connectivity index (χ2n) is 8.10. The number of amides is 2. The van der Waals surface area contributed by atoms with Gasteiger partial charge in [0.05, 0.1) is 17.9 Å². The minimum absolute atomic E-state index is 0.0597. The fourth-order valence-electron chi connectivity index (χ4n) is 5.83. The van der Waals surface area contributed by atoms with Crippen LogP contribution in [0, 0.1) is 23.7 Å². The molecule has 2 aromatic carbocycles. The Balaban J connectivity index is 1.46. The van der Waals surface area contributed by atoms with E-state index < -0.39 is 0 Å². The van der Waals surface area contributed by atoms with Crippen molar-refractivity contribution in [2.24, 2.45) is 23.7 Å². The molecule has 2 bridgehead atoms. The summed E-state index contributed by atoms with van der Waals surface area (Å²) >= 11 is 0. The van der Waals surface area contributed by atoms with Crippen molar-refractivity contribution >= 4 is 11.8 Å². The van der Waals surface area contributed by atoms with Crippen LogP contribution in [0.1, 0.15) is 42.9 Å². The number of imide groups is 1. The van der Waals surface area contributed by atoms with Gasteiger partial charge in [0.1, 0.15) is 0 Å². The van der Waals surface area contributed by atoms with Gasteiger partial charge in [0, 0.05) is 0 Å². The summed E-state index contributed by atoms with van der Waals surface area (Å²) in [6.07, 6.45) is 2.07. The Kier molecular flexibility index (Phi) is 3.53. The molecule has 3 fully saturated rings. The molecule has 3 nitrogen and oxygen atoms in total. The summed E-state index contributed by atoms with van der Waals surface area (Å²) in [5.74, 6) is 1.03. The molecule has 1 saturated heterocycles. The van der Waals surface area contributed by atoms with E-state index in [0.29, 0.717) is 17.8 Å². The monoisotopic (exact) mass is 345 g/mol. The molecule has 2 amide bonds. The van der Waals surface area contributed by atoms with Crippen molar-refractivity contribution in [2.75, 3.05) is 0 Å². The summed E-state index contributed by atoms with van der Waals surface area (Å²) in [7, 11) is 0. The molecule has 0 aromatic heterocycles. The fourth-order valence-corrected chi connectivity index (χ4v) is 5.83. The average molecular weight is 345 g/mol. The number of rotatable bonds is 3. The molecule has 2 saturated carbocycles. The van der Waals surface area contributed by atoms with Crippen LogP contribution in [0.15, 0.2) is 60.7 Å². The number of likely N-dealkylation sites (tertiary alicyclic amines) is 1. The van der Waals surface area contributed by atoms with Gasteiger partial charge in [0.25, 0.3) is 0 Å². The van der Waals surface area contributed by atoms with E-state index >= 15 is 0 Å². The lowest BCUT2D eigenvalue weighted by molar-refractivity contribution is -0.143. The Hall–Kier alpha value is -2.42. The van der Waals surface area contributed by atoms with Crippen LogP contribution in [0.5, 0.6) is 0 Å². The molecule has 132 valence electrons. The maximum absolute atomic E-state index is 13.3. The number of benzene rings is 2. The van der Waals surface area contributed by atoms with Gasteiger partial charge >= 0.3 is 0 Å².